The molecule has 4 aromatic rings. The van der Waals surface area contributed by atoms with Gasteiger partial charge in [0.05, 0.1) is 35.5 Å². The number of methoxy groups -OCH3 is 1. The zero-order valence-electron chi connectivity index (χ0n) is 17.4. The molecule has 0 unspecified atom stereocenters. The van der Waals surface area contributed by atoms with Gasteiger partial charge in [0.15, 0.2) is 11.0 Å². The van der Waals surface area contributed by atoms with Crippen molar-refractivity contribution in [3.63, 3.8) is 0 Å². The molecule has 0 bridgehead atoms. The van der Waals surface area contributed by atoms with Crippen molar-refractivity contribution in [2.24, 2.45) is 0 Å². The van der Waals surface area contributed by atoms with Crippen LogP contribution in [0.3, 0.4) is 0 Å². The maximum absolute atomic E-state index is 13.1. The molecule has 0 aliphatic heterocycles. The first-order valence-electron chi connectivity index (χ1n) is 9.65. The minimum Gasteiger partial charge on any atom is -0.383 e. The minimum absolute atomic E-state index is 0.129. The summed E-state index contributed by atoms with van der Waals surface area (Å²) in [5.74, 6) is 1.10. The molecule has 0 aliphatic rings. The first kappa shape index (κ1) is 21.5. The third-order valence-corrected chi connectivity index (χ3v) is 6.12. The van der Waals surface area contributed by atoms with Crippen molar-refractivity contribution in [2.75, 3.05) is 13.7 Å². The number of halogens is 1. The van der Waals surface area contributed by atoms with E-state index in [0.717, 1.165) is 16.8 Å². The standard InChI is InChI=1S/C21H21ClN6O2S/c1-13-5-4-6-14(2)19(13)28-18(24-25-26-28)12-31-21-23-17-11-15(22)7-8-16(17)20(29)27(21)9-10-30-3/h4-8,11H,9-10,12H2,1-3H3. The van der Waals surface area contributed by atoms with Crippen molar-refractivity contribution in [1.29, 1.82) is 0 Å². The number of thioether (sulfide) groups is 1. The topological polar surface area (TPSA) is 87.7 Å². The van der Waals surface area contributed by atoms with E-state index in [2.05, 4.69) is 15.5 Å². The first-order chi connectivity index (χ1) is 15.0. The van der Waals surface area contributed by atoms with Gasteiger partial charge in [-0.2, -0.15) is 4.68 Å². The van der Waals surface area contributed by atoms with E-state index in [-0.39, 0.29) is 5.56 Å². The number of rotatable bonds is 7. The van der Waals surface area contributed by atoms with Crippen molar-refractivity contribution in [1.82, 2.24) is 29.8 Å². The van der Waals surface area contributed by atoms with Crippen LogP contribution >= 0.6 is 23.4 Å². The monoisotopic (exact) mass is 456 g/mol. The Morgan fingerprint density at radius 2 is 1.94 bits per heavy atom. The van der Waals surface area contributed by atoms with E-state index in [0.29, 0.717) is 45.8 Å². The number of aromatic nitrogens is 6. The van der Waals surface area contributed by atoms with Gasteiger partial charge in [0, 0.05) is 12.1 Å². The second kappa shape index (κ2) is 9.17. The van der Waals surface area contributed by atoms with Crippen molar-refractivity contribution >= 4 is 34.3 Å². The molecule has 0 atom stereocenters. The highest BCUT2D eigenvalue weighted by Crippen LogP contribution is 2.25. The molecule has 0 radical (unpaired) electrons. The van der Waals surface area contributed by atoms with Crippen LogP contribution in [0.25, 0.3) is 16.6 Å². The molecular weight excluding hydrogens is 436 g/mol. The molecule has 0 aliphatic carbocycles. The van der Waals surface area contributed by atoms with Crippen LogP contribution in [0.15, 0.2) is 46.3 Å². The lowest BCUT2D eigenvalue weighted by molar-refractivity contribution is 0.183. The predicted molar refractivity (Wildman–Crippen MR) is 121 cm³/mol. The van der Waals surface area contributed by atoms with Crippen molar-refractivity contribution in [2.45, 2.75) is 31.3 Å². The number of para-hydroxylation sites is 1. The Morgan fingerprint density at radius 1 is 1.16 bits per heavy atom. The number of tetrazole rings is 1. The maximum Gasteiger partial charge on any atom is 0.262 e. The van der Waals surface area contributed by atoms with Crippen LogP contribution in [0.5, 0.6) is 0 Å². The van der Waals surface area contributed by atoms with Crippen LogP contribution in [0, 0.1) is 13.8 Å². The summed E-state index contributed by atoms with van der Waals surface area (Å²) in [6.07, 6.45) is 0. The van der Waals surface area contributed by atoms with E-state index in [1.165, 1.54) is 11.8 Å². The van der Waals surface area contributed by atoms with Gasteiger partial charge in [-0.3, -0.25) is 9.36 Å². The zero-order valence-corrected chi connectivity index (χ0v) is 18.9. The smallest absolute Gasteiger partial charge is 0.262 e. The largest absolute Gasteiger partial charge is 0.383 e. The molecule has 2 aromatic heterocycles. The van der Waals surface area contributed by atoms with E-state index in [1.54, 1.807) is 34.6 Å². The van der Waals surface area contributed by atoms with E-state index in [9.17, 15) is 4.79 Å². The molecule has 0 spiro atoms. The van der Waals surface area contributed by atoms with E-state index in [1.807, 2.05) is 32.0 Å². The summed E-state index contributed by atoms with van der Waals surface area (Å²) in [5.41, 5.74) is 3.54. The van der Waals surface area contributed by atoms with Gasteiger partial charge in [-0.05, 0) is 53.6 Å². The summed E-state index contributed by atoms with van der Waals surface area (Å²) in [4.78, 5) is 17.8. The fourth-order valence-corrected chi connectivity index (χ4v) is 4.50. The molecule has 4 rings (SSSR count). The molecule has 0 amide bonds. The highest BCUT2D eigenvalue weighted by atomic mass is 35.5. The number of hydrogen-bond donors (Lipinski definition) is 0. The molecule has 8 nitrogen and oxygen atoms in total. The molecule has 2 heterocycles. The molecule has 0 saturated heterocycles. The zero-order chi connectivity index (χ0) is 22.0. The normalized spacial score (nSPS) is 11.4. The SMILES string of the molecule is COCCn1c(SCc2nnnn2-c2c(C)cccc2C)nc2cc(Cl)ccc2c1=O. The number of nitrogens with zero attached hydrogens (tertiary/aromatic N) is 6. The summed E-state index contributed by atoms with van der Waals surface area (Å²) in [7, 11) is 1.60. The van der Waals surface area contributed by atoms with Gasteiger partial charge < -0.3 is 4.74 Å². The number of benzene rings is 2. The van der Waals surface area contributed by atoms with Gasteiger partial charge in [-0.15, -0.1) is 5.10 Å². The molecular formula is C21H21ClN6O2S. The van der Waals surface area contributed by atoms with Crippen LogP contribution in [0.4, 0.5) is 0 Å². The van der Waals surface area contributed by atoms with Crippen LogP contribution in [0.2, 0.25) is 5.02 Å². The minimum atomic E-state index is -0.129. The quantitative estimate of drug-likeness (QED) is 0.310. The number of aryl methyl sites for hydroxylation is 2. The Balaban J connectivity index is 1.72. The second-order valence-corrected chi connectivity index (χ2v) is 8.42. The van der Waals surface area contributed by atoms with Crippen LogP contribution in [0.1, 0.15) is 17.0 Å². The van der Waals surface area contributed by atoms with Crippen molar-refractivity contribution in [3.8, 4) is 5.69 Å². The van der Waals surface area contributed by atoms with Gasteiger partial charge in [-0.25, -0.2) is 4.98 Å². The lowest BCUT2D eigenvalue weighted by atomic mass is 10.1. The third kappa shape index (κ3) is 4.34. The molecule has 10 heteroatoms. The van der Waals surface area contributed by atoms with E-state index < -0.39 is 0 Å². The average Bonchev–Trinajstić information content (AvgIpc) is 3.19. The Labute approximate surface area is 188 Å². The highest BCUT2D eigenvalue weighted by molar-refractivity contribution is 7.98. The van der Waals surface area contributed by atoms with Crippen LogP contribution in [-0.4, -0.2) is 43.5 Å². The highest BCUT2D eigenvalue weighted by Gasteiger charge is 2.16. The maximum atomic E-state index is 13.1. The van der Waals surface area contributed by atoms with Gasteiger partial charge in [0.1, 0.15) is 0 Å². The summed E-state index contributed by atoms with van der Waals surface area (Å²) >= 11 is 7.52. The fourth-order valence-electron chi connectivity index (χ4n) is 3.40. The number of ether oxygens (including phenoxy) is 1. The van der Waals surface area contributed by atoms with Crippen molar-refractivity contribution < 1.29 is 4.74 Å². The Bertz CT molecular complexity index is 1280. The summed E-state index contributed by atoms with van der Waals surface area (Å²) in [6.45, 7) is 4.84. The van der Waals surface area contributed by atoms with E-state index in [4.69, 9.17) is 21.3 Å². The van der Waals surface area contributed by atoms with Crippen LogP contribution in [-0.2, 0) is 17.0 Å². The lowest BCUT2D eigenvalue weighted by Crippen LogP contribution is -2.25. The first-order valence-corrected chi connectivity index (χ1v) is 11.0. The summed E-state index contributed by atoms with van der Waals surface area (Å²) in [6, 6.07) is 11.1. The Hall–Kier alpha value is -2.75. The third-order valence-electron chi connectivity index (χ3n) is 4.92. The van der Waals surface area contributed by atoms with E-state index >= 15 is 0 Å². The molecule has 0 fully saturated rings. The van der Waals surface area contributed by atoms with Gasteiger partial charge in [-0.1, -0.05) is 41.6 Å². The number of hydrogen-bond acceptors (Lipinski definition) is 7. The molecule has 160 valence electrons. The molecule has 31 heavy (non-hydrogen) atoms. The average molecular weight is 457 g/mol. The van der Waals surface area contributed by atoms with Gasteiger partial charge in [0.2, 0.25) is 0 Å². The second-order valence-electron chi connectivity index (χ2n) is 7.04. The molecule has 0 N–H and O–H groups in total. The van der Waals surface area contributed by atoms with Crippen molar-refractivity contribution in [3.05, 3.63) is 68.7 Å². The van der Waals surface area contributed by atoms with Gasteiger partial charge >= 0.3 is 0 Å². The summed E-state index contributed by atoms with van der Waals surface area (Å²) < 4.78 is 8.55. The van der Waals surface area contributed by atoms with Gasteiger partial charge in [0.25, 0.3) is 5.56 Å². The summed E-state index contributed by atoms with van der Waals surface area (Å²) in [5, 5.41) is 13.9. The Morgan fingerprint density at radius 3 is 2.68 bits per heavy atom. The molecule has 0 saturated carbocycles. The predicted octanol–water partition coefficient (Wildman–Crippen LogP) is 3.58. The number of fused-ring (bicyclic) bond motifs is 1. The lowest BCUT2D eigenvalue weighted by Gasteiger charge is -2.13. The Kier molecular flexibility index (Phi) is 6.35. The fraction of sp³-hybridized carbons (Fsp3) is 0.286. The van der Waals surface area contributed by atoms with Crippen LogP contribution < -0.4 is 5.56 Å². The molecule has 2 aromatic carbocycles.